The fraction of sp³-hybridized carbons (Fsp3) is 0. The Bertz CT molecular complexity index is 497. The van der Waals surface area contributed by atoms with E-state index in [0.717, 1.165) is 18.2 Å². The normalized spacial score (nSPS) is 11.1. The summed E-state index contributed by atoms with van der Waals surface area (Å²) in [7, 11) is -4.49. The predicted octanol–water partition coefficient (Wildman–Crippen LogP) is 0.127. The number of anilines is 1. The molecule has 4 N–H and O–H groups in total. The van der Waals surface area contributed by atoms with Gasteiger partial charge < -0.3 is 5.43 Å². The number of hydrogen-bond donors (Lipinski definition) is 3. The molecular weight excluding hydrogens is 226 g/mol. The summed E-state index contributed by atoms with van der Waals surface area (Å²) in [5.74, 6) is 4.98. The Morgan fingerprint density at radius 3 is 2.40 bits per heavy atom. The molecule has 82 valence electrons. The van der Waals surface area contributed by atoms with Crippen LogP contribution in [0.3, 0.4) is 0 Å². The van der Waals surface area contributed by atoms with Crippen molar-refractivity contribution in [2.75, 3.05) is 5.43 Å². The van der Waals surface area contributed by atoms with Crippen molar-refractivity contribution in [1.82, 2.24) is 0 Å². The highest BCUT2D eigenvalue weighted by molar-refractivity contribution is 7.85. The third-order valence-electron chi connectivity index (χ3n) is 1.57. The number of nitro benzene ring substituents is 1. The van der Waals surface area contributed by atoms with Gasteiger partial charge in [-0.15, -0.1) is 0 Å². The van der Waals surface area contributed by atoms with Gasteiger partial charge in [-0.25, -0.2) is 0 Å². The summed E-state index contributed by atoms with van der Waals surface area (Å²) in [4.78, 5) is 9.02. The van der Waals surface area contributed by atoms with E-state index < -0.39 is 25.6 Å². The van der Waals surface area contributed by atoms with Crippen molar-refractivity contribution in [2.45, 2.75) is 4.90 Å². The van der Waals surface area contributed by atoms with E-state index in [1.807, 2.05) is 0 Å². The van der Waals surface area contributed by atoms with Crippen LogP contribution in [0.1, 0.15) is 0 Å². The first-order valence-electron chi connectivity index (χ1n) is 3.58. The van der Waals surface area contributed by atoms with Crippen LogP contribution in [0.5, 0.6) is 0 Å². The lowest BCUT2D eigenvalue weighted by molar-refractivity contribution is -0.385. The minimum Gasteiger partial charge on any atom is -0.324 e. The number of nitrogens with two attached hydrogens (primary N) is 1. The smallest absolute Gasteiger partial charge is 0.294 e. The van der Waals surface area contributed by atoms with Crippen LogP contribution in [0, 0.1) is 10.1 Å². The van der Waals surface area contributed by atoms with E-state index in [4.69, 9.17) is 10.4 Å². The molecule has 1 aromatic rings. The average Bonchev–Trinajstić information content (AvgIpc) is 2.15. The molecule has 15 heavy (non-hydrogen) atoms. The zero-order valence-corrected chi connectivity index (χ0v) is 8.06. The molecule has 0 atom stereocenters. The zero-order chi connectivity index (χ0) is 11.6. The number of hydrogen-bond acceptors (Lipinski definition) is 6. The van der Waals surface area contributed by atoms with E-state index in [2.05, 4.69) is 5.43 Å². The SMILES string of the molecule is NNc1cc([N+](=O)[O-])cc(S(=O)(=O)O)c1. The zero-order valence-electron chi connectivity index (χ0n) is 7.25. The molecule has 8 nitrogen and oxygen atoms in total. The number of nitro groups is 1. The van der Waals surface area contributed by atoms with Crippen LogP contribution in [0.25, 0.3) is 0 Å². The van der Waals surface area contributed by atoms with Gasteiger partial charge in [0.05, 0.1) is 10.6 Å². The largest absolute Gasteiger partial charge is 0.324 e. The Balaban J connectivity index is 3.43. The van der Waals surface area contributed by atoms with Crippen molar-refractivity contribution < 1.29 is 17.9 Å². The van der Waals surface area contributed by atoms with Gasteiger partial charge in [-0.3, -0.25) is 20.5 Å². The van der Waals surface area contributed by atoms with E-state index in [1.165, 1.54) is 0 Å². The number of non-ortho nitro benzene ring substituents is 1. The maximum absolute atomic E-state index is 10.7. The fourth-order valence-corrected chi connectivity index (χ4v) is 1.47. The first-order chi connectivity index (χ1) is 6.84. The molecule has 0 unspecified atom stereocenters. The molecule has 0 bridgehead atoms. The highest BCUT2D eigenvalue weighted by Crippen LogP contribution is 2.23. The van der Waals surface area contributed by atoms with Crippen molar-refractivity contribution in [2.24, 2.45) is 5.84 Å². The Morgan fingerprint density at radius 1 is 1.40 bits per heavy atom. The Morgan fingerprint density at radius 2 is 2.00 bits per heavy atom. The number of rotatable bonds is 3. The van der Waals surface area contributed by atoms with Gasteiger partial charge in [0.25, 0.3) is 15.8 Å². The van der Waals surface area contributed by atoms with Crippen molar-refractivity contribution in [3.8, 4) is 0 Å². The van der Waals surface area contributed by atoms with E-state index in [1.54, 1.807) is 0 Å². The van der Waals surface area contributed by atoms with Gasteiger partial charge in [0, 0.05) is 12.1 Å². The minimum atomic E-state index is -4.49. The van der Waals surface area contributed by atoms with Crippen molar-refractivity contribution in [3.05, 3.63) is 28.3 Å². The lowest BCUT2D eigenvalue weighted by Gasteiger charge is -2.02. The maximum atomic E-state index is 10.7. The number of benzene rings is 1. The number of nitrogens with one attached hydrogen (secondary N) is 1. The molecule has 0 aliphatic carbocycles. The average molecular weight is 233 g/mol. The summed E-state index contributed by atoms with van der Waals surface area (Å²) < 4.78 is 30.2. The standard InChI is InChI=1S/C6H7N3O5S/c7-8-4-1-5(9(10)11)3-6(2-4)15(12,13)14/h1-3,8H,7H2,(H,12,13,14). The van der Waals surface area contributed by atoms with Gasteiger partial charge >= 0.3 is 0 Å². The van der Waals surface area contributed by atoms with Gasteiger partial charge in [-0.2, -0.15) is 8.42 Å². The van der Waals surface area contributed by atoms with Gasteiger partial charge in [-0.1, -0.05) is 0 Å². The summed E-state index contributed by atoms with van der Waals surface area (Å²) in [6.45, 7) is 0. The molecule has 0 radical (unpaired) electrons. The highest BCUT2D eigenvalue weighted by Gasteiger charge is 2.16. The Kier molecular flexibility index (Phi) is 2.88. The van der Waals surface area contributed by atoms with Crippen LogP contribution in [0.2, 0.25) is 0 Å². The molecule has 0 saturated carbocycles. The van der Waals surface area contributed by atoms with E-state index in [-0.39, 0.29) is 5.69 Å². The van der Waals surface area contributed by atoms with E-state index >= 15 is 0 Å². The van der Waals surface area contributed by atoms with Crippen LogP contribution in [-0.2, 0) is 10.1 Å². The first-order valence-corrected chi connectivity index (χ1v) is 5.02. The Labute approximate surface area is 84.6 Å². The molecular formula is C6H7N3O5S. The molecule has 0 spiro atoms. The van der Waals surface area contributed by atoms with Crippen LogP contribution < -0.4 is 11.3 Å². The van der Waals surface area contributed by atoms with Crippen LogP contribution in [0.4, 0.5) is 11.4 Å². The molecule has 0 aromatic heterocycles. The van der Waals surface area contributed by atoms with E-state index in [9.17, 15) is 18.5 Å². The van der Waals surface area contributed by atoms with Gasteiger partial charge in [0.2, 0.25) is 0 Å². The third-order valence-corrected chi connectivity index (χ3v) is 2.40. The quantitative estimate of drug-likeness (QED) is 0.292. The molecule has 1 aromatic carbocycles. The second kappa shape index (κ2) is 3.81. The topological polar surface area (TPSA) is 136 Å². The van der Waals surface area contributed by atoms with Crippen molar-refractivity contribution in [3.63, 3.8) is 0 Å². The monoisotopic (exact) mass is 233 g/mol. The molecule has 0 heterocycles. The summed E-state index contributed by atoms with van der Waals surface area (Å²) in [5, 5.41) is 10.4. The summed E-state index contributed by atoms with van der Waals surface area (Å²) >= 11 is 0. The summed E-state index contributed by atoms with van der Waals surface area (Å²) in [5.41, 5.74) is 1.58. The fourth-order valence-electron chi connectivity index (χ4n) is 0.921. The van der Waals surface area contributed by atoms with Crippen molar-refractivity contribution in [1.29, 1.82) is 0 Å². The number of nitrogens with zero attached hydrogens (tertiary/aromatic N) is 1. The maximum Gasteiger partial charge on any atom is 0.294 e. The molecule has 1 rings (SSSR count). The molecule has 9 heteroatoms. The van der Waals surface area contributed by atoms with Gasteiger partial charge in [-0.05, 0) is 6.07 Å². The molecule has 0 amide bonds. The second-order valence-corrected chi connectivity index (χ2v) is 4.01. The third kappa shape index (κ3) is 2.62. The van der Waals surface area contributed by atoms with Gasteiger partial charge in [0.1, 0.15) is 4.90 Å². The second-order valence-electron chi connectivity index (χ2n) is 2.59. The summed E-state index contributed by atoms with van der Waals surface area (Å²) in [6, 6.07) is 2.74. The molecule has 0 saturated heterocycles. The lowest BCUT2D eigenvalue weighted by Crippen LogP contribution is -2.08. The van der Waals surface area contributed by atoms with Crippen LogP contribution in [0.15, 0.2) is 23.1 Å². The number of nitrogen functional groups attached to an aromatic ring is 1. The first kappa shape index (κ1) is 11.4. The van der Waals surface area contributed by atoms with Crippen LogP contribution >= 0.6 is 0 Å². The lowest BCUT2D eigenvalue weighted by atomic mass is 10.3. The molecule has 0 fully saturated rings. The minimum absolute atomic E-state index is 0.0109. The van der Waals surface area contributed by atoms with Gasteiger partial charge in [0.15, 0.2) is 0 Å². The van der Waals surface area contributed by atoms with Crippen LogP contribution in [-0.4, -0.2) is 17.9 Å². The molecule has 0 aliphatic rings. The predicted molar refractivity (Wildman–Crippen MR) is 50.7 cm³/mol. The Hall–Kier alpha value is -1.71. The van der Waals surface area contributed by atoms with Crippen molar-refractivity contribution >= 4 is 21.5 Å². The van der Waals surface area contributed by atoms with E-state index in [0.29, 0.717) is 0 Å². The number of hydrazine groups is 1. The summed E-state index contributed by atoms with van der Waals surface area (Å²) in [6.07, 6.45) is 0. The molecule has 0 aliphatic heterocycles. The highest BCUT2D eigenvalue weighted by atomic mass is 32.2.